The number of hydrogen-bond acceptors (Lipinski definition) is 4. The molecule has 0 unspecified atom stereocenters. The molecule has 0 bridgehead atoms. The number of pyridine rings is 2. The van der Waals surface area contributed by atoms with Crippen LogP contribution in [0.5, 0.6) is 0 Å². The summed E-state index contributed by atoms with van der Waals surface area (Å²) >= 11 is 0. The van der Waals surface area contributed by atoms with Gasteiger partial charge in [-0.05, 0) is 57.5 Å². The molecule has 0 spiro atoms. The zero-order chi connectivity index (χ0) is 37.3. The Balaban J connectivity index is 0.949. The van der Waals surface area contributed by atoms with Crippen LogP contribution in [0.1, 0.15) is 0 Å². The Hall–Kier alpha value is -7.56. The van der Waals surface area contributed by atoms with Gasteiger partial charge < -0.3 is 0 Å². The van der Waals surface area contributed by atoms with Crippen molar-refractivity contribution in [2.45, 2.75) is 0 Å². The van der Waals surface area contributed by atoms with Crippen molar-refractivity contribution in [3.05, 3.63) is 206 Å². The third kappa shape index (κ3) is 6.40. The van der Waals surface area contributed by atoms with Crippen LogP contribution in [0.15, 0.2) is 206 Å². The van der Waals surface area contributed by atoms with Crippen molar-refractivity contribution in [2.24, 2.45) is 0 Å². The average Bonchev–Trinajstić information content (AvgIpc) is 3.29. The fourth-order valence-corrected chi connectivity index (χ4v) is 7.44. The second-order valence-electron chi connectivity index (χ2n) is 13.9. The lowest BCUT2D eigenvalue weighted by molar-refractivity contribution is 1.18. The van der Waals surface area contributed by atoms with Crippen LogP contribution in [0.4, 0.5) is 0 Å². The van der Waals surface area contributed by atoms with Gasteiger partial charge in [0, 0.05) is 39.2 Å². The molecule has 10 aromatic rings. The highest BCUT2D eigenvalue weighted by Gasteiger charge is 2.14. The third-order valence-electron chi connectivity index (χ3n) is 10.4. The number of nitrogens with zero attached hydrogens (tertiary/aromatic N) is 4. The predicted molar refractivity (Wildman–Crippen MR) is 231 cm³/mol. The highest BCUT2D eigenvalue weighted by molar-refractivity contribution is 6.10. The Morgan fingerprint density at radius 1 is 0.268 bits per heavy atom. The molecule has 0 N–H and O–H groups in total. The number of aromatic nitrogens is 4. The van der Waals surface area contributed by atoms with Gasteiger partial charge in [0.1, 0.15) is 0 Å². The van der Waals surface area contributed by atoms with Gasteiger partial charge in [0.05, 0.1) is 28.3 Å². The van der Waals surface area contributed by atoms with E-state index in [2.05, 4.69) is 170 Å². The number of rotatable bonds is 7. The second-order valence-corrected chi connectivity index (χ2v) is 13.9. The molecule has 3 aromatic heterocycles. The number of fused-ring (bicyclic) bond motifs is 3. The standard InChI is InChI=1S/C52H34N4/c1-3-12-35(13-4-1)36-26-28-39(29-27-36)49-33-50(56-52(55-49)40-14-5-2-6-15-40)42-17-11-16-41(32-42)37-22-24-38(25-23-37)43-30-31-48(53-34-43)51-46-20-8-7-18-44(46)45-19-9-10-21-47(45)54-51/h1-34H. The molecule has 0 fully saturated rings. The molecule has 0 amide bonds. The highest BCUT2D eigenvalue weighted by Crippen LogP contribution is 2.34. The summed E-state index contributed by atoms with van der Waals surface area (Å²) in [6, 6.07) is 69.5. The molecule has 0 radical (unpaired) electrons. The summed E-state index contributed by atoms with van der Waals surface area (Å²) in [6.45, 7) is 0. The number of benzene rings is 7. The maximum absolute atomic E-state index is 5.09. The normalized spacial score (nSPS) is 11.2. The molecule has 4 nitrogen and oxygen atoms in total. The van der Waals surface area contributed by atoms with Gasteiger partial charge in [-0.25, -0.2) is 15.0 Å². The fourth-order valence-electron chi connectivity index (χ4n) is 7.44. The molecular weight excluding hydrogens is 681 g/mol. The van der Waals surface area contributed by atoms with Crippen molar-refractivity contribution in [3.63, 3.8) is 0 Å². The molecule has 56 heavy (non-hydrogen) atoms. The van der Waals surface area contributed by atoms with Crippen molar-refractivity contribution in [2.75, 3.05) is 0 Å². The lowest BCUT2D eigenvalue weighted by atomic mass is 9.98. The topological polar surface area (TPSA) is 51.6 Å². The van der Waals surface area contributed by atoms with E-state index in [1.54, 1.807) is 0 Å². The monoisotopic (exact) mass is 714 g/mol. The minimum Gasteiger partial charge on any atom is -0.254 e. The molecule has 0 saturated carbocycles. The summed E-state index contributed by atoms with van der Waals surface area (Å²) in [5, 5.41) is 3.44. The first-order valence-electron chi connectivity index (χ1n) is 18.8. The quantitative estimate of drug-likeness (QED) is 0.154. The first-order valence-corrected chi connectivity index (χ1v) is 18.8. The van der Waals surface area contributed by atoms with E-state index in [1.165, 1.54) is 16.5 Å². The van der Waals surface area contributed by atoms with Crippen LogP contribution < -0.4 is 0 Å². The Morgan fingerprint density at radius 2 is 0.768 bits per heavy atom. The summed E-state index contributed by atoms with van der Waals surface area (Å²) in [6.07, 6.45) is 1.95. The molecular formula is C52H34N4. The van der Waals surface area contributed by atoms with Crippen LogP contribution in [0.3, 0.4) is 0 Å². The van der Waals surface area contributed by atoms with E-state index in [9.17, 15) is 0 Å². The van der Waals surface area contributed by atoms with Crippen molar-refractivity contribution in [3.8, 4) is 78.7 Å². The predicted octanol–water partition coefficient (Wildman–Crippen LogP) is 13.2. The van der Waals surface area contributed by atoms with Gasteiger partial charge in [0.25, 0.3) is 0 Å². The van der Waals surface area contributed by atoms with Gasteiger partial charge in [-0.2, -0.15) is 0 Å². The lowest BCUT2D eigenvalue weighted by Crippen LogP contribution is -1.96. The summed E-state index contributed by atoms with van der Waals surface area (Å²) in [5.41, 5.74) is 14.3. The SMILES string of the molecule is c1ccc(-c2ccc(-c3cc(-c4cccc(-c5ccc(-c6ccc(-c7nc8ccccc8c8ccccc78)nc6)cc5)c4)nc(-c4ccccc4)n3)cc2)cc1. The van der Waals surface area contributed by atoms with E-state index < -0.39 is 0 Å². The van der Waals surface area contributed by atoms with E-state index in [-0.39, 0.29) is 0 Å². The maximum atomic E-state index is 5.09. The zero-order valence-corrected chi connectivity index (χ0v) is 30.4. The van der Waals surface area contributed by atoms with Gasteiger partial charge in [0.2, 0.25) is 0 Å². The van der Waals surface area contributed by atoms with Crippen molar-refractivity contribution in [1.29, 1.82) is 0 Å². The highest BCUT2D eigenvalue weighted by atomic mass is 14.9. The number of para-hydroxylation sites is 1. The summed E-state index contributed by atoms with van der Waals surface area (Å²) < 4.78 is 0. The van der Waals surface area contributed by atoms with E-state index in [4.69, 9.17) is 19.9 Å². The van der Waals surface area contributed by atoms with Gasteiger partial charge in [-0.3, -0.25) is 4.98 Å². The van der Waals surface area contributed by atoms with Crippen LogP contribution in [0.2, 0.25) is 0 Å². The van der Waals surface area contributed by atoms with Gasteiger partial charge in [-0.1, -0.05) is 176 Å². The van der Waals surface area contributed by atoms with Gasteiger partial charge >= 0.3 is 0 Å². The van der Waals surface area contributed by atoms with Crippen LogP contribution in [-0.4, -0.2) is 19.9 Å². The van der Waals surface area contributed by atoms with Crippen LogP contribution in [-0.2, 0) is 0 Å². The summed E-state index contributed by atoms with van der Waals surface area (Å²) in [4.78, 5) is 20.1. The minimum absolute atomic E-state index is 0.698. The molecule has 10 rings (SSSR count). The van der Waals surface area contributed by atoms with Crippen molar-refractivity contribution < 1.29 is 0 Å². The molecule has 0 aliphatic heterocycles. The Labute approximate surface area is 325 Å². The van der Waals surface area contributed by atoms with Crippen molar-refractivity contribution >= 4 is 21.7 Å². The molecule has 4 heteroatoms. The largest absolute Gasteiger partial charge is 0.254 e. The third-order valence-corrected chi connectivity index (χ3v) is 10.4. The molecule has 0 saturated heterocycles. The Morgan fingerprint density at radius 3 is 1.46 bits per heavy atom. The minimum atomic E-state index is 0.698. The fraction of sp³-hybridized carbons (Fsp3) is 0. The van der Waals surface area contributed by atoms with E-state index >= 15 is 0 Å². The molecule has 7 aromatic carbocycles. The van der Waals surface area contributed by atoms with E-state index in [1.807, 2.05) is 36.5 Å². The number of hydrogen-bond donors (Lipinski definition) is 0. The summed E-state index contributed by atoms with van der Waals surface area (Å²) in [7, 11) is 0. The lowest BCUT2D eigenvalue weighted by Gasteiger charge is -2.12. The second kappa shape index (κ2) is 14.3. The molecule has 0 aliphatic rings. The van der Waals surface area contributed by atoms with E-state index in [0.717, 1.165) is 78.0 Å². The van der Waals surface area contributed by atoms with E-state index in [0.29, 0.717) is 5.82 Å². The van der Waals surface area contributed by atoms with Crippen LogP contribution >= 0.6 is 0 Å². The van der Waals surface area contributed by atoms with Crippen LogP contribution in [0, 0.1) is 0 Å². The molecule has 262 valence electrons. The molecule has 3 heterocycles. The maximum Gasteiger partial charge on any atom is 0.160 e. The Kier molecular flexibility index (Phi) is 8.47. The molecule has 0 atom stereocenters. The zero-order valence-electron chi connectivity index (χ0n) is 30.4. The Bertz CT molecular complexity index is 2980. The first kappa shape index (κ1) is 33.0. The van der Waals surface area contributed by atoms with Gasteiger partial charge in [0.15, 0.2) is 5.82 Å². The smallest absolute Gasteiger partial charge is 0.160 e. The first-order chi connectivity index (χ1) is 27.7. The van der Waals surface area contributed by atoms with Gasteiger partial charge in [-0.15, -0.1) is 0 Å². The summed E-state index contributed by atoms with van der Waals surface area (Å²) in [5.74, 6) is 0.698. The van der Waals surface area contributed by atoms with Crippen LogP contribution in [0.25, 0.3) is 100 Å². The van der Waals surface area contributed by atoms with Crippen molar-refractivity contribution in [1.82, 2.24) is 19.9 Å². The average molecular weight is 715 g/mol. The molecule has 0 aliphatic carbocycles.